The van der Waals surface area contributed by atoms with Gasteiger partial charge < -0.3 is 10.1 Å². The molecule has 3 rings (SSSR count). The Labute approximate surface area is 162 Å². The van der Waals surface area contributed by atoms with E-state index in [1.807, 2.05) is 6.07 Å². The Morgan fingerprint density at radius 1 is 1.04 bits per heavy atom. The van der Waals surface area contributed by atoms with E-state index in [1.54, 1.807) is 24.3 Å². The number of carbonyl (C=O) groups is 3. The van der Waals surface area contributed by atoms with E-state index in [-0.39, 0.29) is 18.1 Å². The summed E-state index contributed by atoms with van der Waals surface area (Å²) in [7, 11) is 0. The van der Waals surface area contributed by atoms with Crippen LogP contribution in [0.4, 0.5) is 5.69 Å². The van der Waals surface area contributed by atoms with Crippen LogP contribution in [-0.2, 0) is 27.2 Å². The standard InChI is InChI=1S/C21H21NO4S/c1-14(23)15-5-8-18(9-6-15)22-20(24)12-26-21(25)13-27-19-10-7-16-3-2-4-17(16)11-19/h5-11H,2-4,12-13H2,1H3,(H,22,24). The molecule has 27 heavy (non-hydrogen) atoms. The summed E-state index contributed by atoms with van der Waals surface area (Å²) in [6.07, 6.45) is 3.43. The lowest BCUT2D eigenvalue weighted by atomic mass is 10.1. The summed E-state index contributed by atoms with van der Waals surface area (Å²) < 4.78 is 5.03. The highest BCUT2D eigenvalue weighted by molar-refractivity contribution is 8.00. The molecule has 1 N–H and O–H groups in total. The Hall–Kier alpha value is -2.60. The zero-order valence-electron chi connectivity index (χ0n) is 15.1. The molecule has 0 aromatic heterocycles. The predicted octanol–water partition coefficient (Wildman–Crippen LogP) is 3.65. The van der Waals surface area contributed by atoms with E-state index in [1.165, 1.54) is 36.2 Å². The van der Waals surface area contributed by atoms with E-state index in [0.717, 1.165) is 17.7 Å². The molecule has 0 bridgehead atoms. The maximum atomic E-state index is 11.9. The fraction of sp³-hybridized carbons (Fsp3) is 0.286. The van der Waals surface area contributed by atoms with Crippen LogP contribution in [-0.4, -0.2) is 30.0 Å². The van der Waals surface area contributed by atoms with Crippen LogP contribution in [0.5, 0.6) is 0 Å². The molecular formula is C21H21NO4S. The van der Waals surface area contributed by atoms with Crippen molar-refractivity contribution in [1.82, 2.24) is 0 Å². The molecule has 0 aliphatic heterocycles. The van der Waals surface area contributed by atoms with E-state index < -0.39 is 11.9 Å². The first-order valence-corrected chi connectivity index (χ1v) is 9.81. The Kier molecular flexibility index (Phi) is 6.29. The number of rotatable bonds is 7. The zero-order valence-corrected chi connectivity index (χ0v) is 15.9. The van der Waals surface area contributed by atoms with Gasteiger partial charge in [-0.3, -0.25) is 14.4 Å². The minimum absolute atomic E-state index is 0.0392. The van der Waals surface area contributed by atoms with Crippen LogP contribution >= 0.6 is 11.8 Å². The van der Waals surface area contributed by atoms with Crippen molar-refractivity contribution in [3.63, 3.8) is 0 Å². The van der Waals surface area contributed by atoms with Crippen LogP contribution < -0.4 is 5.32 Å². The van der Waals surface area contributed by atoms with Gasteiger partial charge in [0.1, 0.15) is 0 Å². The van der Waals surface area contributed by atoms with E-state index in [4.69, 9.17) is 4.74 Å². The lowest BCUT2D eigenvalue weighted by Crippen LogP contribution is -2.21. The average molecular weight is 383 g/mol. The Morgan fingerprint density at radius 3 is 2.52 bits per heavy atom. The number of hydrogen-bond donors (Lipinski definition) is 1. The highest BCUT2D eigenvalue weighted by atomic mass is 32.2. The maximum absolute atomic E-state index is 11.9. The second kappa shape index (κ2) is 8.86. The normalized spacial score (nSPS) is 12.3. The first kappa shape index (κ1) is 19.2. The maximum Gasteiger partial charge on any atom is 0.316 e. The van der Waals surface area contributed by atoms with Crippen LogP contribution in [0.3, 0.4) is 0 Å². The van der Waals surface area contributed by atoms with E-state index >= 15 is 0 Å². The number of nitrogens with one attached hydrogen (secondary N) is 1. The van der Waals surface area contributed by atoms with E-state index in [0.29, 0.717) is 11.3 Å². The van der Waals surface area contributed by atoms with Crippen LogP contribution in [0.2, 0.25) is 0 Å². The van der Waals surface area contributed by atoms with Crippen molar-refractivity contribution >= 4 is 35.1 Å². The Bertz CT molecular complexity index is 861. The highest BCUT2D eigenvalue weighted by Crippen LogP contribution is 2.27. The average Bonchev–Trinajstić information content (AvgIpc) is 3.13. The number of Topliss-reactive ketones (excluding diaryl/α,β-unsaturated/α-hetero) is 1. The minimum atomic E-state index is -0.428. The number of hydrogen-bond acceptors (Lipinski definition) is 5. The fourth-order valence-corrected chi connectivity index (χ4v) is 3.71. The molecule has 0 heterocycles. The largest absolute Gasteiger partial charge is 0.455 e. The van der Waals surface area contributed by atoms with Crippen molar-refractivity contribution in [3.05, 3.63) is 59.2 Å². The molecule has 0 spiro atoms. The molecule has 6 heteroatoms. The van der Waals surface area contributed by atoms with Gasteiger partial charge in [-0.25, -0.2) is 0 Å². The lowest BCUT2D eigenvalue weighted by molar-refractivity contribution is -0.144. The van der Waals surface area contributed by atoms with Crippen molar-refractivity contribution in [2.75, 3.05) is 17.7 Å². The number of amides is 1. The summed E-state index contributed by atoms with van der Waals surface area (Å²) in [6, 6.07) is 12.8. The van der Waals surface area contributed by atoms with Gasteiger partial charge in [-0.15, -0.1) is 11.8 Å². The minimum Gasteiger partial charge on any atom is -0.455 e. The third-order valence-electron chi connectivity index (χ3n) is 4.37. The van der Waals surface area contributed by atoms with Gasteiger partial charge in [0, 0.05) is 16.1 Å². The fourth-order valence-electron chi connectivity index (χ4n) is 2.95. The SMILES string of the molecule is CC(=O)c1ccc(NC(=O)COC(=O)CSc2ccc3c(c2)CCC3)cc1. The van der Waals surface area contributed by atoms with Gasteiger partial charge in [0.05, 0.1) is 5.75 Å². The van der Waals surface area contributed by atoms with Crippen molar-refractivity contribution < 1.29 is 19.1 Å². The molecule has 0 saturated heterocycles. The molecule has 0 radical (unpaired) electrons. The molecule has 0 fully saturated rings. The quantitative estimate of drug-likeness (QED) is 0.449. The Morgan fingerprint density at radius 2 is 1.78 bits per heavy atom. The molecule has 1 amide bonds. The number of aryl methyl sites for hydroxylation is 2. The topological polar surface area (TPSA) is 72.5 Å². The monoisotopic (exact) mass is 383 g/mol. The van der Waals surface area contributed by atoms with Crippen LogP contribution in [0.25, 0.3) is 0 Å². The lowest BCUT2D eigenvalue weighted by Gasteiger charge is -2.08. The number of anilines is 1. The first-order chi connectivity index (χ1) is 13.0. The van der Waals surface area contributed by atoms with Crippen molar-refractivity contribution in [2.24, 2.45) is 0 Å². The molecular weight excluding hydrogens is 362 g/mol. The second-order valence-corrected chi connectivity index (χ2v) is 7.46. The van der Waals surface area contributed by atoms with Crippen molar-refractivity contribution in [2.45, 2.75) is 31.1 Å². The highest BCUT2D eigenvalue weighted by Gasteiger charge is 2.13. The molecule has 140 valence electrons. The molecule has 0 atom stereocenters. The summed E-state index contributed by atoms with van der Waals surface area (Å²) in [5, 5.41) is 2.63. The van der Waals surface area contributed by atoms with Crippen molar-refractivity contribution in [1.29, 1.82) is 0 Å². The number of carbonyl (C=O) groups excluding carboxylic acids is 3. The zero-order chi connectivity index (χ0) is 19.2. The van der Waals surface area contributed by atoms with Gasteiger partial charge >= 0.3 is 5.97 Å². The number of ether oxygens (including phenoxy) is 1. The van der Waals surface area contributed by atoms with Gasteiger partial charge in [0.2, 0.25) is 0 Å². The number of ketones is 1. The summed E-state index contributed by atoms with van der Waals surface area (Å²) >= 11 is 1.42. The van der Waals surface area contributed by atoms with E-state index in [9.17, 15) is 14.4 Å². The number of thioether (sulfide) groups is 1. The first-order valence-electron chi connectivity index (χ1n) is 8.82. The number of esters is 1. The van der Waals surface area contributed by atoms with Crippen LogP contribution in [0.1, 0.15) is 34.8 Å². The van der Waals surface area contributed by atoms with Gasteiger partial charge in [-0.1, -0.05) is 6.07 Å². The van der Waals surface area contributed by atoms with E-state index in [2.05, 4.69) is 17.4 Å². The molecule has 5 nitrogen and oxygen atoms in total. The molecule has 0 saturated carbocycles. The van der Waals surface area contributed by atoms with Crippen LogP contribution in [0, 0.1) is 0 Å². The summed E-state index contributed by atoms with van der Waals surface area (Å²) in [6.45, 7) is 1.14. The van der Waals surface area contributed by atoms with Crippen LogP contribution in [0.15, 0.2) is 47.4 Å². The molecule has 1 aliphatic rings. The Balaban J connectivity index is 1.40. The number of benzene rings is 2. The van der Waals surface area contributed by atoms with Gasteiger partial charge in [-0.2, -0.15) is 0 Å². The third-order valence-corrected chi connectivity index (χ3v) is 5.33. The van der Waals surface area contributed by atoms with Gasteiger partial charge in [0.25, 0.3) is 5.91 Å². The third kappa shape index (κ3) is 5.44. The molecule has 1 aliphatic carbocycles. The van der Waals surface area contributed by atoms with Gasteiger partial charge in [-0.05, 0) is 73.7 Å². The summed E-state index contributed by atoms with van der Waals surface area (Å²) in [5.41, 5.74) is 3.88. The second-order valence-electron chi connectivity index (χ2n) is 6.42. The summed E-state index contributed by atoms with van der Waals surface area (Å²) in [4.78, 5) is 36.0. The van der Waals surface area contributed by atoms with Gasteiger partial charge in [0.15, 0.2) is 12.4 Å². The summed E-state index contributed by atoms with van der Waals surface area (Å²) in [5.74, 6) is -0.717. The molecule has 2 aromatic carbocycles. The smallest absolute Gasteiger partial charge is 0.316 e. The predicted molar refractivity (Wildman–Crippen MR) is 105 cm³/mol. The molecule has 2 aromatic rings. The molecule has 0 unspecified atom stereocenters. The number of fused-ring (bicyclic) bond motifs is 1. The van der Waals surface area contributed by atoms with Crippen molar-refractivity contribution in [3.8, 4) is 0 Å².